The highest BCUT2D eigenvalue weighted by Crippen LogP contribution is 2.09. The molecule has 0 saturated heterocycles. The van der Waals surface area contributed by atoms with Gasteiger partial charge >= 0.3 is 0 Å². The van der Waals surface area contributed by atoms with E-state index in [1.54, 1.807) is 0 Å². The molecule has 2 heteroatoms. The predicted molar refractivity (Wildman–Crippen MR) is 68.9 cm³/mol. The molecule has 0 radical (unpaired) electrons. The van der Waals surface area contributed by atoms with Crippen LogP contribution < -0.4 is 11.1 Å². The fraction of sp³-hybridized carbons (Fsp3) is 1.00. The zero-order valence-electron chi connectivity index (χ0n) is 11.1. The molecule has 0 saturated carbocycles. The molecule has 0 rings (SSSR count). The summed E-state index contributed by atoms with van der Waals surface area (Å²) in [5.74, 6) is 2.36. The van der Waals surface area contributed by atoms with Crippen molar-refractivity contribution in [2.45, 2.75) is 47.0 Å². The van der Waals surface area contributed by atoms with Crippen molar-refractivity contribution >= 4 is 0 Å². The number of nitrogens with two attached hydrogens (primary N) is 1. The molecule has 0 amide bonds. The molecule has 15 heavy (non-hydrogen) atoms. The van der Waals surface area contributed by atoms with Gasteiger partial charge in [0.15, 0.2) is 0 Å². The third kappa shape index (κ3) is 8.88. The number of hydrogen-bond acceptors (Lipinski definition) is 2. The summed E-state index contributed by atoms with van der Waals surface area (Å²) in [4.78, 5) is 0. The molecule has 0 aliphatic heterocycles. The first-order chi connectivity index (χ1) is 7.07. The van der Waals surface area contributed by atoms with Crippen LogP contribution in [0.3, 0.4) is 0 Å². The fourth-order valence-corrected chi connectivity index (χ4v) is 1.57. The van der Waals surface area contributed by atoms with Crippen LogP contribution in [-0.2, 0) is 0 Å². The van der Waals surface area contributed by atoms with Crippen molar-refractivity contribution in [1.29, 1.82) is 0 Å². The van der Waals surface area contributed by atoms with Crippen LogP contribution in [0, 0.1) is 17.8 Å². The summed E-state index contributed by atoms with van der Waals surface area (Å²) in [6.07, 6.45) is 3.76. The summed E-state index contributed by atoms with van der Waals surface area (Å²) in [6, 6.07) is 0. The van der Waals surface area contributed by atoms with E-state index >= 15 is 0 Å². The highest BCUT2D eigenvalue weighted by molar-refractivity contribution is 4.61. The van der Waals surface area contributed by atoms with E-state index in [-0.39, 0.29) is 0 Å². The second-order valence-electron chi connectivity index (χ2n) is 5.25. The predicted octanol–water partition coefficient (Wildman–Crippen LogP) is 2.63. The van der Waals surface area contributed by atoms with Crippen LogP contribution in [0.5, 0.6) is 0 Å². The molecular formula is C13H30N2. The normalized spacial score (nSPS) is 15.6. The van der Waals surface area contributed by atoms with Crippen molar-refractivity contribution in [3.63, 3.8) is 0 Å². The quantitative estimate of drug-likeness (QED) is 0.579. The second-order valence-corrected chi connectivity index (χ2v) is 5.25. The number of nitrogens with one attached hydrogen (secondary N) is 1. The molecule has 0 aliphatic rings. The molecular weight excluding hydrogens is 184 g/mol. The van der Waals surface area contributed by atoms with Gasteiger partial charge in [0, 0.05) is 0 Å². The van der Waals surface area contributed by atoms with Crippen LogP contribution in [0.1, 0.15) is 47.0 Å². The van der Waals surface area contributed by atoms with Crippen molar-refractivity contribution < 1.29 is 0 Å². The van der Waals surface area contributed by atoms with Crippen LogP contribution in [0.4, 0.5) is 0 Å². The highest BCUT2D eigenvalue weighted by Gasteiger charge is 2.05. The maximum Gasteiger partial charge on any atom is -0.00207 e. The van der Waals surface area contributed by atoms with E-state index in [1.807, 2.05) is 0 Å². The maximum absolute atomic E-state index is 5.52. The van der Waals surface area contributed by atoms with Crippen molar-refractivity contribution in [3.8, 4) is 0 Å². The Balaban J connectivity index is 3.24. The van der Waals surface area contributed by atoms with Gasteiger partial charge in [0.1, 0.15) is 0 Å². The Hall–Kier alpha value is -0.0800. The summed E-state index contributed by atoms with van der Waals surface area (Å²) in [5.41, 5.74) is 5.52. The van der Waals surface area contributed by atoms with Crippen LogP contribution in [-0.4, -0.2) is 19.6 Å². The van der Waals surface area contributed by atoms with Crippen molar-refractivity contribution in [2.24, 2.45) is 23.5 Å². The van der Waals surface area contributed by atoms with Crippen molar-refractivity contribution in [1.82, 2.24) is 5.32 Å². The standard InChI is InChI=1S/C13H30N2/c1-11(2)13(4)10-15-9-5-6-12(3)7-8-14/h11-13,15H,5-10,14H2,1-4H3. The summed E-state index contributed by atoms with van der Waals surface area (Å²) >= 11 is 0. The highest BCUT2D eigenvalue weighted by atomic mass is 14.8. The van der Waals surface area contributed by atoms with E-state index in [1.165, 1.54) is 19.3 Å². The summed E-state index contributed by atoms with van der Waals surface area (Å²) < 4.78 is 0. The van der Waals surface area contributed by atoms with Gasteiger partial charge < -0.3 is 11.1 Å². The molecule has 0 aromatic heterocycles. The molecule has 2 nitrogen and oxygen atoms in total. The van der Waals surface area contributed by atoms with E-state index in [0.717, 1.165) is 37.4 Å². The molecule has 3 N–H and O–H groups in total. The summed E-state index contributed by atoms with van der Waals surface area (Å²) in [6.45, 7) is 12.3. The van der Waals surface area contributed by atoms with Crippen LogP contribution in [0.15, 0.2) is 0 Å². The zero-order valence-corrected chi connectivity index (χ0v) is 11.1. The molecule has 92 valence electrons. The van der Waals surface area contributed by atoms with E-state index in [0.29, 0.717) is 0 Å². The smallest absolute Gasteiger partial charge is 0.00207 e. The average Bonchev–Trinajstić information content (AvgIpc) is 2.17. The van der Waals surface area contributed by atoms with Gasteiger partial charge in [0.2, 0.25) is 0 Å². The molecule has 2 unspecified atom stereocenters. The summed E-state index contributed by atoms with van der Waals surface area (Å²) in [7, 11) is 0. The monoisotopic (exact) mass is 214 g/mol. The molecule has 0 heterocycles. The SMILES string of the molecule is CC(CCN)CCCNCC(C)C(C)C. The lowest BCUT2D eigenvalue weighted by molar-refractivity contribution is 0.385. The van der Waals surface area contributed by atoms with E-state index < -0.39 is 0 Å². The van der Waals surface area contributed by atoms with Crippen LogP contribution >= 0.6 is 0 Å². The maximum atomic E-state index is 5.52. The zero-order chi connectivity index (χ0) is 11.7. The van der Waals surface area contributed by atoms with Crippen molar-refractivity contribution in [3.05, 3.63) is 0 Å². The van der Waals surface area contributed by atoms with E-state index in [2.05, 4.69) is 33.0 Å². The molecule has 0 aromatic carbocycles. The topological polar surface area (TPSA) is 38.0 Å². The van der Waals surface area contributed by atoms with Gasteiger partial charge in [0.25, 0.3) is 0 Å². The Bertz CT molecular complexity index is 134. The lowest BCUT2D eigenvalue weighted by atomic mass is 9.98. The number of rotatable bonds is 9. The molecule has 0 spiro atoms. The van der Waals surface area contributed by atoms with Gasteiger partial charge in [-0.15, -0.1) is 0 Å². The Kier molecular flexibility index (Phi) is 9.12. The number of hydrogen-bond donors (Lipinski definition) is 2. The van der Waals surface area contributed by atoms with Gasteiger partial charge in [-0.25, -0.2) is 0 Å². The van der Waals surface area contributed by atoms with Gasteiger partial charge in [-0.2, -0.15) is 0 Å². The van der Waals surface area contributed by atoms with Gasteiger partial charge in [-0.05, 0) is 56.7 Å². The molecule has 2 atom stereocenters. The Labute approximate surface area is 96.0 Å². The van der Waals surface area contributed by atoms with E-state index in [9.17, 15) is 0 Å². The minimum absolute atomic E-state index is 0.784. The minimum Gasteiger partial charge on any atom is -0.330 e. The Morgan fingerprint density at radius 3 is 2.27 bits per heavy atom. The summed E-state index contributed by atoms with van der Waals surface area (Å²) in [5, 5.41) is 3.53. The minimum atomic E-state index is 0.784. The van der Waals surface area contributed by atoms with Crippen LogP contribution in [0.25, 0.3) is 0 Å². The molecule has 0 bridgehead atoms. The average molecular weight is 214 g/mol. The second kappa shape index (κ2) is 9.17. The Morgan fingerprint density at radius 2 is 1.73 bits per heavy atom. The first-order valence-corrected chi connectivity index (χ1v) is 6.48. The third-order valence-electron chi connectivity index (χ3n) is 3.31. The van der Waals surface area contributed by atoms with E-state index in [4.69, 9.17) is 5.73 Å². The lowest BCUT2D eigenvalue weighted by Crippen LogP contribution is -2.25. The van der Waals surface area contributed by atoms with Crippen LogP contribution in [0.2, 0.25) is 0 Å². The first-order valence-electron chi connectivity index (χ1n) is 6.48. The van der Waals surface area contributed by atoms with Gasteiger partial charge in [-0.3, -0.25) is 0 Å². The fourth-order valence-electron chi connectivity index (χ4n) is 1.57. The molecule has 0 fully saturated rings. The Morgan fingerprint density at radius 1 is 1.07 bits per heavy atom. The van der Waals surface area contributed by atoms with Gasteiger partial charge in [-0.1, -0.05) is 27.7 Å². The van der Waals surface area contributed by atoms with Gasteiger partial charge in [0.05, 0.1) is 0 Å². The van der Waals surface area contributed by atoms with Crippen molar-refractivity contribution in [2.75, 3.05) is 19.6 Å². The largest absolute Gasteiger partial charge is 0.330 e. The molecule has 0 aromatic rings. The first kappa shape index (κ1) is 14.9. The lowest BCUT2D eigenvalue weighted by Gasteiger charge is -2.16. The molecule has 0 aliphatic carbocycles. The third-order valence-corrected chi connectivity index (χ3v) is 3.31.